The van der Waals surface area contributed by atoms with E-state index < -0.39 is 0 Å². The fourth-order valence-corrected chi connectivity index (χ4v) is 4.83. The summed E-state index contributed by atoms with van der Waals surface area (Å²) in [5.41, 5.74) is 2.60. The van der Waals surface area contributed by atoms with E-state index in [0.717, 1.165) is 50.8 Å². The third-order valence-corrected chi connectivity index (χ3v) is 6.40. The second-order valence-electron chi connectivity index (χ2n) is 7.40. The predicted molar refractivity (Wildman–Crippen MR) is 107 cm³/mol. The lowest BCUT2D eigenvalue weighted by Crippen LogP contribution is -2.31. The summed E-state index contributed by atoms with van der Waals surface area (Å²) in [6.07, 6.45) is 6.32. The maximum absolute atomic E-state index is 5.97. The van der Waals surface area contributed by atoms with E-state index in [1.807, 2.05) is 0 Å². The van der Waals surface area contributed by atoms with Gasteiger partial charge in [0.25, 0.3) is 5.19 Å². The van der Waals surface area contributed by atoms with Gasteiger partial charge in [0.05, 0.1) is 12.3 Å². The van der Waals surface area contributed by atoms with Crippen molar-refractivity contribution in [2.45, 2.75) is 45.2 Å². The van der Waals surface area contributed by atoms with E-state index >= 15 is 0 Å². The number of ether oxygens (including phenoxy) is 1. The van der Waals surface area contributed by atoms with Gasteiger partial charge in [0.1, 0.15) is 0 Å². The fourth-order valence-electron chi connectivity index (χ4n) is 3.90. The molecule has 0 radical (unpaired) electrons. The summed E-state index contributed by atoms with van der Waals surface area (Å²) in [6.45, 7) is 7.54. The topological polar surface area (TPSA) is 28.6 Å². The number of nitrogens with zero attached hydrogens (tertiary/aromatic N) is 3. The molecule has 1 aromatic carbocycles. The molecule has 2 aromatic rings. The molecule has 0 bridgehead atoms. The third kappa shape index (κ3) is 4.84. The van der Waals surface area contributed by atoms with Crippen LogP contribution in [-0.2, 0) is 19.5 Å². The first kappa shape index (κ1) is 18.0. The predicted octanol–water partition coefficient (Wildman–Crippen LogP) is 3.96. The molecule has 0 spiro atoms. The van der Waals surface area contributed by atoms with Crippen LogP contribution < -0.4 is 4.74 Å². The molecule has 26 heavy (non-hydrogen) atoms. The lowest BCUT2D eigenvalue weighted by atomic mass is 10.1. The summed E-state index contributed by atoms with van der Waals surface area (Å²) < 4.78 is 5.97. The molecular weight excluding hydrogens is 342 g/mol. The molecule has 0 N–H and O–H groups in total. The molecular formula is C21H29N3OS. The van der Waals surface area contributed by atoms with Crippen molar-refractivity contribution in [2.75, 3.05) is 32.8 Å². The first-order chi connectivity index (χ1) is 12.9. The molecule has 2 aliphatic heterocycles. The van der Waals surface area contributed by atoms with Gasteiger partial charge < -0.3 is 9.64 Å². The van der Waals surface area contributed by atoms with Crippen molar-refractivity contribution in [3.63, 3.8) is 0 Å². The molecule has 2 aliphatic rings. The van der Waals surface area contributed by atoms with Gasteiger partial charge in [0.2, 0.25) is 0 Å². The van der Waals surface area contributed by atoms with E-state index in [2.05, 4.69) is 40.1 Å². The number of fused-ring (bicyclic) bond motifs is 1. The van der Waals surface area contributed by atoms with Gasteiger partial charge in [-0.2, -0.15) is 0 Å². The van der Waals surface area contributed by atoms with E-state index in [0.29, 0.717) is 0 Å². The first-order valence-corrected chi connectivity index (χ1v) is 10.8. The van der Waals surface area contributed by atoms with Gasteiger partial charge in [-0.15, -0.1) is 0 Å². The van der Waals surface area contributed by atoms with E-state index in [4.69, 9.17) is 9.72 Å². The molecule has 4 nitrogen and oxygen atoms in total. The van der Waals surface area contributed by atoms with Crippen molar-refractivity contribution in [2.24, 2.45) is 0 Å². The Morgan fingerprint density at radius 3 is 2.69 bits per heavy atom. The van der Waals surface area contributed by atoms with Crippen LogP contribution in [0.15, 0.2) is 30.3 Å². The Labute approximate surface area is 160 Å². The van der Waals surface area contributed by atoms with Gasteiger partial charge in [-0.1, -0.05) is 48.1 Å². The van der Waals surface area contributed by atoms with Crippen LogP contribution in [-0.4, -0.2) is 47.6 Å². The van der Waals surface area contributed by atoms with Crippen LogP contribution in [0.1, 0.15) is 41.8 Å². The third-order valence-electron chi connectivity index (χ3n) is 5.33. The Hall–Kier alpha value is -1.43. The molecule has 0 unspecified atom stereocenters. The second-order valence-corrected chi connectivity index (χ2v) is 8.45. The highest BCUT2D eigenvalue weighted by atomic mass is 32.1. The minimum absolute atomic E-state index is 0.788. The summed E-state index contributed by atoms with van der Waals surface area (Å²) in [6, 6.07) is 10.7. The van der Waals surface area contributed by atoms with Gasteiger partial charge in [-0.05, 0) is 44.3 Å². The highest BCUT2D eigenvalue weighted by Crippen LogP contribution is 2.30. The number of thiazole rings is 1. The number of rotatable bonds is 7. The highest BCUT2D eigenvalue weighted by molar-refractivity contribution is 7.13. The second kappa shape index (κ2) is 8.98. The van der Waals surface area contributed by atoms with E-state index in [1.54, 1.807) is 11.3 Å². The largest absolute Gasteiger partial charge is 0.470 e. The number of aromatic nitrogens is 1. The van der Waals surface area contributed by atoms with Gasteiger partial charge in [0.15, 0.2) is 0 Å². The molecule has 1 fully saturated rings. The Morgan fingerprint density at radius 2 is 1.85 bits per heavy atom. The quantitative estimate of drug-likeness (QED) is 0.689. The summed E-state index contributed by atoms with van der Waals surface area (Å²) >= 11 is 1.76. The average Bonchev–Trinajstić information content (AvgIpc) is 3.09. The lowest BCUT2D eigenvalue weighted by molar-refractivity contribution is 0.204. The zero-order valence-electron chi connectivity index (χ0n) is 15.5. The maximum Gasteiger partial charge on any atom is 0.273 e. The summed E-state index contributed by atoms with van der Waals surface area (Å²) in [4.78, 5) is 11.2. The van der Waals surface area contributed by atoms with Crippen LogP contribution in [0.2, 0.25) is 0 Å². The van der Waals surface area contributed by atoms with Gasteiger partial charge in [-0.3, -0.25) is 4.90 Å². The summed E-state index contributed by atoms with van der Waals surface area (Å²) in [5.74, 6) is 0. The van der Waals surface area contributed by atoms with Crippen molar-refractivity contribution in [3.05, 3.63) is 46.5 Å². The number of piperidine rings is 1. The van der Waals surface area contributed by atoms with E-state index in [1.165, 1.54) is 48.5 Å². The molecule has 5 heteroatoms. The summed E-state index contributed by atoms with van der Waals surface area (Å²) in [5, 5.41) is 0.871. The Kier molecular flexibility index (Phi) is 6.20. The van der Waals surface area contributed by atoms with Crippen molar-refractivity contribution < 1.29 is 4.74 Å². The number of benzene rings is 1. The van der Waals surface area contributed by atoms with Crippen LogP contribution in [0.25, 0.3) is 0 Å². The number of hydrogen-bond donors (Lipinski definition) is 0. The van der Waals surface area contributed by atoms with Crippen LogP contribution in [0.4, 0.5) is 0 Å². The zero-order valence-corrected chi connectivity index (χ0v) is 16.3. The number of hydrogen-bond acceptors (Lipinski definition) is 5. The molecule has 1 aromatic heterocycles. The first-order valence-electron chi connectivity index (χ1n) is 9.97. The van der Waals surface area contributed by atoms with E-state index in [9.17, 15) is 0 Å². The molecule has 0 aliphatic carbocycles. The van der Waals surface area contributed by atoms with E-state index in [-0.39, 0.29) is 0 Å². The van der Waals surface area contributed by atoms with Crippen molar-refractivity contribution >= 4 is 11.3 Å². The van der Waals surface area contributed by atoms with Crippen molar-refractivity contribution in [1.29, 1.82) is 0 Å². The smallest absolute Gasteiger partial charge is 0.273 e. The highest BCUT2D eigenvalue weighted by Gasteiger charge is 2.21. The van der Waals surface area contributed by atoms with Gasteiger partial charge in [0, 0.05) is 31.1 Å². The van der Waals surface area contributed by atoms with Crippen LogP contribution in [0, 0.1) is 0 Å². The molecule has 0 amide bonds. The molecule has 1 saturated heterocycles. The van der Waals surface area contributed by atoms with Gasteiger partial charge >= 0.3 is 0 Å². The van der Waals surface area contributed by atoms with Crippen LogP contribution in [0.5, 0.6) is 5.19 Å². The minimum atomic E-state index is 0.788. The maximum atomic E-state index is 5.97. The fraction of sp³-hybridized carbons (Fsp3) is 0.571. The molecule has 4 rings (SSSR count). The Balaban J connectivity index is 1.23. The average molecular weight is 372 g/mol. The van der Waals surface area contributed by atoms with Crippen LogP contribution >= 0.6 is 11.3 Å². The monoisotopic (exact) mass is 371 g/mol. The SMILES string of the molecule is c1ccc(CN2CCc3sc(OCCCN4CCCCC4)nc3C2)cc1. The molecule has 0 saturated carbocycles. The molecule has 0 atom stereocenters. The van der Waals surface area contributed by atoms with Crippen LogP contribution in [0.3, 0.4) is 0 Å². The van der Waals surface area contributed by atoms with Crippen molar-refractivity contribution in [3.8, 4) is 5.19 Å². The van der Waals surface area contributed by atoms with Crippen molar-refractivity contribution in [1.82, 2.24) is 14.8 Å². The zero-order chi connectivity index (χ0) is 17.6. The van der Waals surface area contributed by atoms with Gasteiger partial charge in [-0.25, -0.2) is 4.98 Å². The standard InChI is InChI=1S/C21H29N3OS/c1-3-8-18(9-4-1)16-24-14-10-20-19(17-24)22-21(26-20)25-15-7-13-23-11-5-2-6-12-23/h1,3-4,8-9H,2,5-7,10-17H2. The minimum Gasteiger partial charge on any atom is -0.470 e. The Morgan fingerprint density at radius 1 is 1.00 bits per heavy atom. The number of likely N-dealkylation sites (tertiary alicyclic amines) is 1. The molecule has 140 valence electrons. The Bertz CT molecular complexity index is 682. The lowest BCUT2D eigenvalue weighted by Gasteiger charge is -2.26. The summed E-state index contributed by atoms with van der Waals surface area (Å²) in [7, 11) is 0. The molecule has 3 heterocycles. The normalized spacial score (nSPS) is 18.6.